The van der Waals surface area contributed by atoms with Crippen molar-refractivity contribution in [3.05, 3.63) is 24.0 Å². The molecule has 0 amide bonds. The zero-order valence-electron chi connectivity index (χ0n) is 10.7. The SMILES string of the molecule is CCCCCCn1c(C)nc2c(N)cccc21. The number of anilines is 1. The highest BCUT2D eigenvalue weighted by molar-refractivity contribution is 5.87. The van der Waals surface area contributed by atoms with E-state index in [9.17, 15) is 0 Å². The van der Waals surface area contributed by atoms with Crippen LogP contribution in [0.2, 0.25) is 0 Å². The Bertz CT molecular complexity index is 499. The van der Waals surface area contributed by atoms with Crippen molar-refractivity contribution >= 4 is 16.7 Å². The zero-order chi connectivity index (χ0) is 12.3. The number of aryl methyl sites for hydroxylation is 2. The minimum Gasteiger partial charge on any atom is -0.397 e. The summed E-state index contributed by atoms with van der Waals surface area (Å²) < 4.78 is 2.28. The van der Waals surface area contributed by atoms with Gasteiger partial charge in [0.15, 0.2) is 0 Å². The molecule has 0 aliphatic heterocycles. The molecule has 0 spiro atoms. The van der Waals surface area contributed by atoms with Gasteiger partial charge >= 0.3 is 0 Å². The van der Waals surface area contributed by atoms with E-state index >= 15 is 0 Å². The van der Waals surface area contributed by atoms with E-state index in [1.807, 2.05) is 12.1 Å². The van der Waals surface area contributed by atoms with E-state index in [0.29, 0.717) is 0 Å². The van der Waals surface area contributed by atoms with Gasteiger partial charge in [0, 0.05) is 6.54 Å². The third-order valence-electron chi connectivity index (χ3n) is 3.24. The molecule has 1 aromatic carbocycles. The van der Waals surface area contributed by atoms with Crippen LogP contribution in [0.4, 0.5) is 5.69 Å². The largest absolute Gasteiger partial charge is 0.397 e. The van der Waals surface area contributed by atoms with Gasteiger partial charge in [0.2, 0.25) is 0 Å². The first-order chi connectivity index (χ1) is 8.24. The minimum absolute atomic E-state index is 0.776. The standard InChI is InChI=1S/C14H21N3/c1-3-4-5-6-10-17-11(2)16-14-12(15)8-7-9-13(14)17/h7-9H,3-6,10,15H2,1-2H3. The van der Waals surface area contributed by atoms with E-state index in [4.69, 9.17) is 5.73 Å². The van der Waals surface area contributed by atoms with Crippen LogP contribution in [-0.2, 0) is 6.54 Å². The molecule has 0 radical (unpaired) electrons. The van der Waals surface area contributed by atoms with Crippen LogP contribution < -0.4 is 5.73 Å². The lowest BCUT2D eigenvalue weighted by Gasteiger charge is -2.06. The first-order valence-corrected chi connectivity index (χ1v) is 6.45. The summed E-state index contributed by atoms with van der Waals surface area (Å²) >= 11 is 0. The van der Waals surface area contributed by atoms with Gasteiger partial charge in [-0.2, -0.15) is 0 Å². The van der Waals surface area contributed by atoms with Gasteiger partial charge in [-0.3, -0.25) is 0 Å². The van der Waals surface area contributed by atoms with E-state index in [0.717, 1.165) is 23.6 Å². The third-order valence-corrected chi connectivity index (χ3v) is 3.24. The lowest BCUT2D eigenvalue weighted by molar-refractivity contribution is 0.582. The molecule has 92 valence electrons. The maximum atomic E-state index is 5.94. The fourth-order valence-electron chi connectivity index (χ4n) is 2.26. The van der Waals surface area contributed by atoms with Gasteiger partial charge in [0.25, 0.3) is 0 Å². The number of fused-ring (bicyclic) bond motifs is 1. The lowest BCUT2D eigenvalue weighted by Crippen LogP contribution is -2.00. The number of benzene rings is 1. The van der Waals surface area contributed by atoms with Gasteiger partial charge in [0.1, 0.15) is 11.3 Å². The Morgan fingerprint density at radius 2 is 2.06 bits per heavy atom. The number of hydrogen-bond donors (Lipinski definition) is 1. The van der Waals surface area contributed by atoms with E-state index in [2.05, 4.69) is 29.5 Å². The molecule has 1 aromatic heterocycles. The lowest BCUT2D eigenvalue weighted by atomic mass is 10.2. The predicted molar refractivity (Wildman–Crippen MR) is 73.0 cm³/mol. The van der Waals surface area contributed by atoms with E-state index in [1.165, 1.54) is 31.2 Å². The molecule has 0 saturated carbocycles. The molecule has 3 nitrogen and oxygen atoms in total. The summed E-state index contributed by atoms with van der Waals surface area (Å²) in [5.74, 6) is 1.06. The predicted octanol–water partition coefficient (Wildman–Crippen LogP) is 3.51. The van der Waals surface area contributed by atoms with Gasteiger partial charge in [-0.25, -0.2) is 4.98 Å². The summed E-state index contributed by atoms with van der Waals surface area (Å²) in [6, 6.07) is 6.02. The van der Waals surface area contributed by atoms with Crippen LogP contribution in [0.15, 0.2) is 18.2 Å². The highest BCUT2D eigenvalue weighted by atomic mass is 15.1. The average molecular weight is 231 g/mol. The molecule has 0 atom stereocenters. The number of nitrogens with zero attached hydrogens (tertiary/aromatic N) is 2. The summed E-state index contributed by atoms with van der Waals surface area (Å²) in [6.45, 7) is 5.34. The molecular weight excluding hydrogens is 210 g/mol. The number of nitrogen functional groups attached to an aromatic ring is 1. The molecule has 0 aliphatic rings. The Kier molecular flexibility index (Phi) is 3.67. The first kappa shape index (κ1) is 12.0. The van der Waals surface area contributed by atoms with Crippen molar-refractivity contribution in [2.75, 3.05) is 5.73 Å². The minimum atomic E-state index is 0.776. The second-order valence-corrected chi connectivity index (χ2v) is 4.59. The molecule has 0 fully saturated rings. The molecule has 2 rings (SSSR count). The Morgan fingerprint density at radius 3 is 2.82 bits per heavy atom. The van der Waals surface area contributed by atoms with E-state index in [-0.39, 0.29) is 0 Å². The van der Waals surface area contributed by atoms with Crippen LogP contribution in [0.5, 0.6) is 0 Å². The molecule has 0 unspecified atom stereocenters. The van der Waals surface area contributed by atoms with Crippen molar-refractivity contribution in [2.24, 2.45) is 0 Å². The fraction of sp³-hybridized carbons (Fsp3) is 0.500. The van der Waals surface area contributed by atoms with Crippen molar-refractivity contribution in [1.29, 1.82) is 0 Å². The van der Waals surface area contributed by atoms with E-state index in [1.54, 1.807) is 0 Å². The zero-order valence-corrected chi connectivity index (χ0v) is 10.7. The van der Waals surface area contributed by atoms with Crippen molar-refractivity contribution in [1.82, 2.24) is 9.55 Å². The molecular formula is C14H21N3. The van der Waals surface area contributed by atoms with Crippen LogP contribution in [0.1, 0.15) is 38.4 Å². The van der Waals surface area contributed by atoms with Gasteiger partial charge < -0.3 is 10.3 Å². The Labute approximate surface area is 103 Å². The van der Waals surface area contributed by atoms with Gasteiger partial charge in [-0.1, -0.05) is 32.3 Å². The topological polar surface area (TPSA) is 43.8 Å². The molecule has 2 N–H and O–H groups in total. The summed E-state index contributed by atoms with van der Waals surface area (Å²) in [4.78, 5) is 4.55. The number of unbranched alkanes of at least 4 members (excludes halogenated alkanes) is 3. The highest BCUT2D eigenvalue weighted by Gasteiger charge is 2.08. The number of imidazole rings is 1. The molecule has 0 saturated heterocycles. The van der Waals surface area contributed by atoms with Crippen molar-refractivity contribution < 1.29 is 0 Å². The van der Waals surface area contributed by atoms with Crippen LogP contribution in [-0.4, -0.2) is 9.55 Å². The van der Waals surface area contributed by atoms with Crippen LogP contribution >= 0.6 is 0 Å². The summed E-state index contributed by atoms with van der Waals surface area (Å²) in [5, 5.41) is 0. The number of hydrogen-bond acceptors (Lipinski definition) is 2. The van der Waals surface area contributed by atoms with Crippen LogP contribution in [0, 0.1) is 6.92 Å². The Balaban J connectivity index is 2.21. The molecule has 0 aliphatic carbocycles. The van der Waals surface area contributed by atoms with Crippen molar-refractivity contribution in [3.8, 4) is 0 Å². The normalized spacial score (nSPS) is 11.2. The number of para-hydroxylation sites is 1. The molecule has 17 heavy (non-hydrogen) atoms. The maximum Gasteiger partial charge on any atom is 0.112 e. The summed E-state index contributed by atoms with van der Waals surface area (Å²) in [6.07, 6.45) is 5.09. The third kappa shape index (κ3) is 2.43. The smallest absolute Gasteiger partial charge is 0.112 e. The second-order valence-electron chi connectivity index (χ2n) is 4.59. The van der Waals surface area contributed by atoms with Gasteiger partial charge in [-0.15, -0.1) is 0 Å². The highest BCUT2D eigenvalue weighted by Crippen LogP contribution is 2.22. The summed E-state index contributed by atoms with van der Waals surface area (Å²) in [7, 11) is 0. The Morgan fingerprint density at radius 1 is 1.24 bits per heavy atom. The first-order valence-electron chi connectivity index (χ1n) is 6.45. The van der Waals surface area contributed by atoms with Gasteiger partial charge in [0.05, 0.1) is 11.2 Å². The molecule has 1 heterocycles. The second kappa shape index (κ2) is 5.21. The van der Waals surface area contributed by atoms with Gasteiger partial charge in [-0.05, 0) is 25.5 Å². The average Bonchev–Trinajstić information content (AvgIpc) is 2.63. The number of rotatable bonds is 5. The molecule has 0 bridgehead atoms. The number of aromatic nitrogens is 2. The molecule has 2 aromatic rings. The summed E-state index contributed by atoms with van der Waals surface area (Å²) in [5.41, 5.74) is 8.83. The maximum absolute atomic E-state index is 5.94. The molecule has 3 heteroatoms. The van der Waals surface area contributed by atoms with Crippen molar-refractivity contribution in [3.63, 3.8) is 0 Å². The van der Waals surface area contributed by atoms with Crippen LogP contribution in [0.3, 0.4) is 0 Å². The Hall–Kier alpha value is -1.51. The number of nitrogens with two attached hydrogens (primary N) is 1. The van der Waals surface area contributed by atoms with E-state index < -0.39 is 0 Å². The quantitative estimate of drug-likeness (QED) is 0.632. The van der Waals surface area contributed by atoms with Crippen molar-refractivity contribution in [2.45, 2.75) is 46.1 Å². The van der Waals surface area contributed by atoms with Crippen LogP contribution in [0.25, 0.3) is 11.0 Å². The monoisotopic (exact) mass is 231 g/mol. The fourth-order valence-corrected chi connectivity index (χ4v) is 2.26.